The Morgan fingerprint density at radius 2 is 1.62 bits per heavy atom. The topological polar surface area (TPSA) is 91.3 Å². The second-order valence-electron chi connectivity index (χ2n) is 5.90. The Bertz CT molecular complexity index is 408. The smallest absolute Gasteiger partial charge is 0.450 e. The fraction of sp³-hybridized carbons (Fsp3) is 0.714. The monoisotopic (exact) mass is 304 g/mol. The Hall–Kier alpha value is -1.76. The Kier molecular flexibility index (Phi) is 6.69. The van der Waals surface area contributed by atoms with Gasteiger partial charge in [0, 0.05) is 13.8 Å². The lowest BCUT2D eigenvalue weighted by molar-refractivity contribution is -0.327. The summed E-state index contributed by atoms with van der Waals surface area (Å²) in [4.78, 5) is 32.3. The van der Waals surface area contributed by atoms with Gasteiger partial charge < -0.3 is 19.5 Å². The summed E-state index contributed by atoms with van der Waals surface area (Å²) >= 11 is 0. The van der Waals surface area contributed by atoms with Crippen LogP contribution in [0.5, 0.6) is 0 Å². The van der Waals surface area contributed by atoms with E-state index < -0.39 is 23.5 Å². The van der Waals surface area contributed by atoms with Gasteiger partial charge in [0.1, 0.15) is 11.9 Å². The largest absolute Gasteiger partial charge is 0.509 e. The third-order valence-corrected chi connectivity index (χ3v) is 2.87. The van der Waals surface area contributed by atoms with Gasteiger partial charge in [-0.3, -0.25) is 0 Å². The maximum Gasteiger partial charge on any atom is 0.509 e. The van der Waals surface area contributed by atoms with Crippen molar-refractivity contribution >= 4 is 12.1 Å². The summed E-state index contributed by atoms with van der Waals surface area (Å²) < 4.78 is 9.32. The van der Waals surface area contributed by atoms with Crippen LogP contribution < -0.4 is 0 Å². The van der Waals surface area contributed by atoms with Crippen molar-refractivity contribution in [1.82, 2.24) is 0 Å². The van der Waals surface area contributed by atoms with Gasteiger partial charge in [0.2, 0.25) is 0 Å². The molecule has 0 amide bonds. The zero-order chi connectivity index (χ0) is 16.8. The number of rotatable bonds is 7. The van der Waals surface area contributed by atoms with Crippen LogP contribution >= 0.6 is 0 Å². The van der Waals surface area contributed by atoms with Crippen molar-refractivity contribution in [1.29, 1.82) is 0 Å². The Morgan fingerprint density at radius 3 is 2.05 bits per heavy atom. The van der Waals surface area contributed by atoms with Gasteiger partial charge in [-0.1, -0.05) is 13.8 Å². The van der Waals surface area contributed by atoms with Crippen LogP contribution in [0.4, 0.5) is 4.79 Å². The molecular formula is C14H24O7. The molecule has 7 heteroatoms. The molecule has 122 valence electrons. The van der Waals surface area contributed by atoms with Crippen molar-refractivity contribution in [2.75, 3.05) is 0 Å². The maximum absolute atomic E-state index is 11.7. The fourth-order valence-electron chi connectivity index (χ4n) is 0.899. The highest BCUT2D eigenvalue weighted by atomic mass is 17.2. The Morgan fingerprint density at radius 1 is 1.10 bits per heavy atom. The second-order valence-corrected chi connectivity index (χ2v) is 5.90. The highest BCUT2D eigenvalue weighted by molar-refractivity contribution is 5.87. The molecule has 1 N–H and O–H groups in total. The van der Waals surface area contributed by atoms with E-state index in [1.54, 1.807) is 0 Å². The molecule has 0 aromatic heterocycles. The first kappa shape index (κ1) is 19.2. The zero-order valence-corrected chi connectivity index (χ0v) is 13.6. The van der Waals surface area contributed by atoms with E-state index in [2.05, 4.69) is 4.74 Å². The van der Waals surface area contributed by atoms with Gasteiger partial charge >= 0.3 is 12.1 Å². The minimum Gasteiger partial charge on any atom is -0.450 e. The van der Waals surface area contributed by atoms with Crippen LogP contribution in [-0.2, 0) is 24.0 Å². The van der Waals surface area contributed by atoms with Gasteiger partial charge in [-0.25, -0.2) is 9.59 Å². The van der Waals surface area contributed by atoms with Crippen LogP contribution in [0.25, 0.3) is 0 Å². The van der Waals surface area contributed by atoms with E-state index in [4.69, 9.17) is 19.6 Å². The molecule has 0 aliphatic rings. The lowest BCUT2D eigenvalue weighted by atomic mass is 9.95. The van der Waals surface area contributed by atoms with Gasteiger partial charge in [-0.05, 0) is 26.7 Å². The summed E-state index contributed by atoms with van der Waals surface area (Å²) in [6.07, 6.45) is -0.434. The molecule has 0 atom stereocenters. The SMILES string of the molecule is CC(=COOC(C)(C)C(C)C)C(=O)OC(C)(C)OC(=O)O. The summed E-state index contributed by atoms with van der Waals surface area (Å²) in [5, 5.41) is 8.51. The molecule has 0 spiro atoms. The number of hydrogen-bond donors (Lipinski definition) is 1. The van der Waals surface area contributed by atoms with Gasteiger partial charge in [-0.2, -0.15) is 4.89 Å². The minimum absolute atomic E-state index is 0.108. The summed E-state index contributed by atoms with van der Waals surface area (Å²) in [7, 11) is 0. The van der Waals surface area contributed by atoms with Crippen molar-refractivity contribution in [3.63, 3.8) is 0 Å². The highest BCUT2D eigenvalue weighted by Crippen LogP contribution is 2.21. The Labute approximate surface area is 124 Å². The number of carbonyl (C=O) groups excluding carboxylic acids is 1. The van der Waals surface area contributed by atoms with Gasteiger partial charge in [0.25, 0.3) is 5.79 Å². The van der Waals surface area contributed by atoms with Crippen molar-refractivity contribution in [2.24, 2.45) is 5.92 Å². The average molecular weight is 304 g/mol. The number of hydrogen-bond acceptors (Lipinski definition) is 6. The van der Waals surface area contributed by atoms with Gasteiger partial charge in [-0.15, -0.1) is 0 Å². The summed E-state index contributed by atoms with van der Waals surface area (Å²) in [5.41, 5.74) is -0.413. The zero-order valence-electron chi connectivity index (χ0n) is 13.6. The van der Waals surface area contributed by atoms with Gasteiger partial charge in [0.05, 0.1) is 5.57 Å². The molecule has 0 unspecified atom stereocenters. The molecule has 7 nitrogen and oxygen atoms in total. The minimum atomic E-state index is -1.59. The summed E-state index contributed by atoms with van der Waals surface area (Å²) in [6.45, 7) is 11.7. The molecule has 0 radical (unpaired) electrons. The second kappa shape index (κ2) is 7.31. The van der Waals surface area contributed by atoms with Crippen LogP contribution in [0.2, 0.25) is 0 Å². The van der Waals surface area contributed by atoms with E-state index in [1.165, 1.54) is 20.8 Å². The predicted octanol–water partition coefficient (Wildman–Crippen LogP) is 3.25. The highest BCUT2D eigenvalue weighted by Gasteiger charge is 2.28. The molecule has 0 aromatic rings. The molecule has 0 aromatic carbocycles. The summed E-state index contributed by atoms with van der Waals surface area (Å²) in [5.74, 6) is -2.15. The molecule has 0 rings (SSSR count). The quantitative estimate of drug-likeness (QED) is 0.193. The average Bonchev–Trinajstić information content (AvgIpc) is 2.25. The molecular weight excluding hydrogens is 280 g/mol. The lowest BCUT2D eigenvalue weighted by Gasteiger charge is -2.26. The molecule has 21 heavy (non-hydrogen) atoms. The number of carboxylic acid groups (broad SMARTS) is 1. The fourth-order valence-corrected chi connectivity index (χ4v) is 0.899. The van der Waals surface area contributed by atoms with Crippen LogP contribution in [0.3, 0.4) is 0 Å². The van der Waals surface area contributed by atoms with Crippen LogP contribution in [0, 0.1) is 5.92 Å². The van der Waals surface area contributed by atoms with Crippen molar-refractivity contribution in [2.45, 2.75) is 59.9 Å². The van der Waals surface area contributed by atoms with E-state index in [9.17, 15) is 9.59 Å². The lowest BCUT2D eigenvalue weighted by Crippen LogP contribution is -2.33. The molecule has 0 aliphatic heterocycles. The molecule has 0 bridgehead atoms. The summed E-state index contributed by atoms with van der Waals surface area (Å²) in [6, 6.07) is 0. The van der Waals surface area contributed by atoms with E-state index in [-0.39, 0.29) is 11.5 Å². The first-order valence-electron chi connectivity index (χ1n) is 6.54. The number of carbonyl (C=O) groups is 2. The Balaban J connectivity index is 4.51. The van der Waals surface area contributed by atoms with E-state index in [1.807, 2.05) is 27.7 Å². The standard InChI is InChI=1S/C14H24O7/c1-9(2)13(4,5)21-18-8-10(3)11(15)19-14(6,7)20-12(16)17/h8-9H,1-7H3,(H,16,17). The molecule has 0 saturated carbocycles. The van der Waals surface area contributed by atoms with Crippen molar-refractivity contribution in [3.8, 4) is 0 Å². The molecule has 0 saturated heterocycles. The first-order valence-corrected chi connectivity index (χ1v) is 6.54. The van der Waals surface area contributed by atoms with Crippen molar-refractivity contribution < 1.29 is 33.9 Å². The van der Waals surface area contributed by atoms with Crippen LogP contribution in [-0.4, -0.2) is 28.6 Å². The van der Waals surface area contributed by atoms with E-state index >= 15 is 0 Å². The third kappa shape index (κ3) is 7.55. The maximum atomic E-state index is 11.7. The van der Waals surface area contributed by atoms with E-state index in [0.29, 0.717) is 0 Å². The number of ether oxygens (including phenoxy) is 2. The predicted molar refractivity (Wildman–Crippen MR) is 74.1 cm³/mol. The van der Waals surface area contributed by atoms with Crippen LogP contribution in [0.15, 0.2) is 11.8 Å². The number of esters is 1. The molecule has 0 aliphatic carbocycles. The third-order valence-electron chi connectivity index (χ3n) is 2.87. The normalized spacial score (nSPS) is 13.0. The van der Waals surface area contributed by atoms with E-state index in [0.717, 1.165) is 6.26 Å². The molecule has 0 heterocycles. The van der Waals surface area contributed by atoms with Gasteiger partial charge in [0.15, 0.2) is 0 Å². The first-order chi connectivity index (χ1) is 9.37. The van der Waals surface area contributed by atoms with Crippen LogP contribution in [0.1, 0.15) is 48.5 Å². The van der Waals surface area contributed by atoms with Crippen molar-refractivity contribution in [3.05, 3.63) is 11.8 Å². The molecule has 0 fully saturated rings.